The summed E-state index contributed by atoms with van der Waals surface area (Å²) in [6.07, 6.45) is 1.72. The Morgan fingerprint density at radius 1 is 1.07 bits per heavy atom. The molecular weight excluding hydrogens is 375 g/mol. The number of benzene rings is 2. The number of imidazole rings is 1. The van der Waals surface area contributed by atoms with E-state index < -0.39 is 0 Å². The van der Waals surface area contributed by atoms with Crippen LogP contribution in [-0.2, 0) is 0 Å². The number of aromatic nitrogens is 2. The Morgan fingerprint density at radius 3 is 2.64 bits per heavy atom. The molecule has 138 valence electrons. The zero-order valence-electron chi connectivity index (χ0n) is 15.2. The first-order chi connectivity index (χ1) is 13.5. The molecule has 6 heteroatoms. The molecule has 0 bridgehead atoms. The second kappa shape index (κ2) is 6.14. The monoisotopic (exact) mass is 390 g/mol. The Labute approximate surface area is 163 Å². The largest absolute Gasteiger partial charge is 0.457 e. The summed E-state index contributed by atoms with van der Waals surface area (Å²) in [6, 6.07) is 13.7. The standard InChI is InChI=1S/C22H15FN2O2S/c1-12-3-9-17-20(13(12)2)24-22-25(17)21(26)19(28-22)11-16-8-10-18(27-16)14-4-6-15(23)7-5-14/h3-11H,1-2H3/b19-11-. The van der Waals surface area contributed by atoms with Crippen molar-refractivity contribution in [3.8, 4) is 11.3 Å². The number of thiazole rings is 1. The lowest BCUT2D eigenvalue weighted by Gasteiger charge is -1.99. The molecule has 28 heavy (non-hydrogen) atoms. The second-order valence-electron chi connectivity index (χ2n) is 6.73. The van der Waals surface area contributed by atoms with Crippen molar-refractivity contribution in [3.05, 3.63) is 86.1 Å². The molecule has 4 nitrogen and oxygen atoms in total. The number of rotatable bonds is 2. The van der Waals surface area contributed by atoms with Crippen molar-refractivity contribution in [2.75, 3.05) is 0 Å². The summed E-state index contributed by atoms with van der Waals surface area (Å²) in [4.78, 5) is 18.3. The molecule has 0 saturated carbocycles. The van der Waals surface area contributed by atoms with E-state index in [2.05, 4.69) is 4.98 Å². The molecule has 5 aromatic rings. The molecule has 5 rings (SSSR count). The molecule has 0 radical (unpaired) electrons. The van der Waals surface area contributed by atoms with E-state index >= 15 is 0 Å². The number of halogens is 1. The lowest BCUT2D eigenvalue weighted by molar-refractivity contribution is 0.571. The van der Waals surface area contributed by atoms with E-state index in [4.69, 9.17) is 4.42 Å². The quantitative estimate of drug-likeness (QED) is 0.447. The van der Waals surface area contributed by atoms with Crippen LogP contribution in [0.15, 0.2) is 57.7 Å². The normalized spacial score (nSPS) is 12.5. The Kier molecular flexibility index (Phi) is 3.70. The van der Waals surface area contributed by atoms with Crippen molar-refractivity contribution >= 4 is 33.4 Å². The van der Waals surface area contributed by atoms with Crippen LogP contribution in [0, 0.1) is 19.7 Å². The van der Waals surface area contributed by atoms with E-state index in [1.54, 1.807) is 28.7 Å². The van der Waals surface area contributed by atoms with Gasteiger partial charge in [-0.15, -0.1) is 0 Å². The fraction of sp³-hybridized carbons (Fsp3) is 0.0909. The molecule has 3 aromatic heterocycles. The van der Waals surface area contributed by atoms with Gasteiger partial charge in [0.15, 0.2) is 4.96 Å². The molecule has 0 amide bonds. The lowest BCUT2D eigenvalue weighted by Crippen LogP contribution is -2.22. The number of hydrogen-bond acceptors (Lipinski definition) is 4. The molecule has 0 unspecified atom stereocenters. The van der Waals surface area contributed by atoms with Gasteiger partial charge in [0.25, 0.3) is 5.56 Å². The molecule has 3 heterocycles. The van der Waals surface area contributed by atoms with Crippen LogP contribution >= 0.6 is 11.3 Å². The highest BCUT2D eigenvalue weighted by molar-refractivity contribution is 7.15. The zero-order chi connectivity index (χ0) is 19.4. The van der Waals surface area contributed by atoms with Gasteiger partial charge < -0.3 is 4.42 Å². The van der Waals surface area contributed by atoms with Crippen molar-refractivity contribution in [2.24, 2.45) is 0 Å². The van der Waals surface area contributed by atoms with Gasteiger partial charge in [-0.3, -0.25) is 4.79 Å². The number of hydrogen-bond donors (Lipinski definition) is 0. The highest BCUT2D eigenvalue weighted by atomic mass is 32.1. The summed E-state index contributed by atoms with van der Waals surface area (Å²) in [6.45, 7) is 4.06. The molecule has 0 aliphatic carbocycles. The molecule has 0 spiro atoms. The van der Waals surface area contributed by atoms with Gasteiger partial charge >= 0.3 is 0 Å². The number of aryl methyl sites for hydroxylation is 2. The minimum atomic E-state index is -0.294. The number of nitrogens with zero attached hydrogens (tertiary/aromatic N) is 2. The number of fused-ring (bicyclic) bond motifs is 3. The summed E-state index contributed by atoms with van der Waals surface area (Å²) in [5.41, 5.74) is 4.61. The van der Waals surface area contributed by atoms with E-state index in [1.807, 2.05) is 32.0 Å². The topological polar surface area (TPSA) is 47.5 Å². The predicted molar refractivity (Wildman–Crippen MR) is 109 cm³/mol. The Balaban J connectivity index is 1.63. The van der Waals surface area contributed by atoms with E-state index in [9.17, 15) is 9.18 Å². The fourth-order valence-corrected chi connectivity index (χ4v) is 4.25. The first kappa shape index (κ1) is 16.9. The average Bonchev–Trinajstić information content (AvgIpc) is 3.36. The van der Waals surface area contributed by atoms with Crippen LogP contribution in [-0.4, -0.2) is 9.38 Å². The van der Waals surface area contributed by atoms with Crippen LogP contribution in [0.3, 0.4) is 0 Å². The average molecular weight is 390 g/mol. The molecule has 0 N–H and O–H groups in total. The maximum atomic E-state index is 13.1. The molecule has 0 aliphatic rings. The third-order valence-corrected chi connectivity index (χ3v) is 5.93. The van der Waals surface area contributed by atoms with Gasteiger partial charge in [-0.2, -0.15) is 0 Å². The van der Waals surface area contributed by atoms with Crippen molar-refractivity contribution in [1.82, 2.24) is 9.38 Å². The van der Waals surface area contributed by atoms with Crippen LogP contribution < -0.4 is 10.1 Å². The first-order valence-electron chi connectivity index (χ1n) is 8.80. The van der Waals surface area contributed by atoms with Gasteiger partial charge in [0, 0.05) is 11.6 Å². The summed E-state index contributed by atoms with van der Waals surface area (Å²) >= 11 is 1.34. The Bertz CT molecular complexity index is 1460. The van der Waals surface area contributed by atoms with Crippen LogP contribution in [0.5, 0.6) is 0 Å². The van der Waals surface area contributed by atoms with E-state index in [0.29, 0.717) is 21.0 Å². The predicted octanol–water partition coefficient (Wildman–Crippen LogP) is 4.47. The van der Waals surface area contributed by atoms with Crippen molar-refractivity contribution in [3.63, 3.8) is 0 Å². The van der Waals surface area contributed by atoms with Crippen LogP contribution in [0.1, 0.15) is 16.9 Å². The molecule has 2 aromatic carbocycles. The maximum Gasteiger partial charge on any atom is 0.275 e. The van der Waals surface area contributed by atoms with Crippen molar-refractivity contribution in [1.29, 1.82) is 0 Å². The summed E-state index contributed by atoms with van der Waals surface area (Å²) in [5, 5.41) is 0. The van der Waals surface area contributed by atoms with Crippen molar-refractivity contribution < 1.29 is 8.81 Å². The third kappa shape index (κ3) is 2.57. The maximum absolute atomic E-state index is 13.1. The summed E-state index contributed by atoms with van der Waals surface area (Å²) in [7, 11) is 0. The van der Waals surface area contributed by atoms with Crippen LogP contribution in [0.2, 0.25) is 0 Å². The summed E-state index contributed by atoms with van der Waals surface area (Å²) in [5.74, 6) is 0.895. The highest BCUT2D eigenvalue weighted by Gasteiger charge is 2.14. The fourth-order valence-electron chi connectivity index (χ4n) is 3.29. The Morgan fingerprint density at radius 2 is 1.86 bits per heavy atom. The SMILES string of the molecule is Cc1ccc2c(nc3s/c(=C\c4ccc(-c5ccc(F)cc5)o4)c(=O)n32)c1C. The van der Waals surface area contributed by atoms with Gasteiger partial charge in [0.05, 0.1) is 11.0 Å². The molecule has 0 fully saturated rings. The van der Waals surface area contributed by atoms with Gasteiger partial charge in [-0.05, 0) is 67.4 Å². The van der Waals surface area contributed by atoms with Gasteiger partial charge in [-0.1, -0.05) is 17.4 Å². The second-order valence-corrected chi connectivity index (χ2v) is 7.74. The highest BCUT2D eigenvalue weighted by Crippen LogP contribution is 2.24. The minimum absolute atomic E-state index is 0.106. The van der Waals surface area contributed by atoms with E-state index in [-0.39, 0.29) is 11.4 Å². The third-order valence-electron chi connectivity index (χ3n) is 4.96. The van der Waals surface area contributed by atoms with Gasteiger partial charge in [0.1, 0.15) is 21.9 Å². The lowest BCUT2D eigenvalue weighted by atomic mass is 10.1. The first-order valence-corrected chi connectivity index (χ1v) is 9.61. The number of furan rings is 1. The molecule has 0 atom stereocenters. The molecule has 0 saturated heterocycles. The van der Waals surface area contributed by atoms with E-state index in [1.165, 1.54) is 23.5 Å². The van der Waals surface area contributed by atoms with Crippen molar-refractivity contribution in [2.45, 2.75) is 13.8 Å². The molecule has 0 aliphatic heterocycles. The zero-order valence-corrected chi connectivity index (χ0v) is 16.0. The Hall–Kier alpha value is -3.25. The van der Waals surface area contributed by atoms with Gasteiger partial charge in [-0.25, -0.2) is 13.8 Å². The minimum Gasteiger partial charge on any atom is -0.457 e. The smallest absolute Gasteiger partial charge is 0.275 e. The van der Waals surface area contributed by atoms with Crippen LogP contribution in [0.4, 0.5) is 4.39 Å². The van der Waals surface area contributed by atoms with E-state index in [0.717, 1.165) is 27.7 Å². The van der Waals surface area contributed by atoms with Gasteiger partial charge in [0.2, 0.25) is 0 Å². The molecular formula is C22H15FN2O2S. The van der Waals surface area contributed by atoms with Crippen LogP contribution in [0.25, 0.3) is 33.4 Å². The summed E-state index contributed by atoms with van der Waals surface area (Å²) < 4.78 is 21.1.